The molecule has 2 heteroatoms. The summed E-state index contributed by atoms with van der Waals surface area (Å²) in [5.74, 6) is 0.333. The van der Waals surface area contributed by atoms with E-state index in [1.807, 2.05) is 13.8 Å². The van der Waals surface area contributed by atoms with Crippen molar-refractivity contribution in [2.45, 2.75) is 32.9 Å². The van der Waals surface area contributed by atoms with Crippen molar-refractivity contribution in [2.75, 3.05) is 0 Å². The summed E-state index contributed by atoms with van der Waals surface area (Å²) in [4.78, 5) is 0. The minimum absolute atomic E-state index is 0.333. The second-order valence-corrected chi connectivity index (χ2v) is 2.35. The van der Waals surface area contributed by atoms with Crippen LogP contribution in [-0.4, -0.2) is 6.17 Å². The lowest BCUT2D eigenvalue weighted by Gasteiger charge is -2.05. The number of alkyl halides is 1. The van der Waals surface area contributed by atoms with Gasteiger partial charge in [0.1, 0.15) is 0 Å². The summed E-state index contributed by atoms with van der Waals surface area (Å²) in [5, 5.41) is 8.05. The first-order valence-electron chi connectivity index (χ1n) is 3.24. The molecule has 0 bridgehead atoms. The van der Waals surface area contributed by atoms with E-state index in [9.17, 15) is 4.39 Å². The van der Waals surface area contributed by atoms with Crippen LogP contribution in [0.2, 0.25) is 0 Å². The predicted octanol–water partition coefficient (Wildman–Crippen LogP) is 2.28. The van der Waals surface area contributed by atoms with Crippen LogP contribution < -0.4 is 0 Å². The van der Waals surface area contributed by atoms with Crippen LogP contribution in [0.25, 0.3) is 0 Å². The van der Waals surface area contributed by atoms with Crippen molar-refractivity contribution in [1.82, 2.24) is 0 Å². The van der Waals surface area contributed by atoms with Gasteiger partial charge in [0.25, 0.3) is 0 Å². The Kier molecular flexibility index (Phi) is 4.04. The van der Waals surface area contributed by atoms with Crippen LogP contribution in [0.1, 0.15) is 26.7 Å². The van der Waals surface area contributed by atoms with Gasteiger partial charge in [-0.1, -0.05) is 20.3 Å². The van der Waals surface area contributed by atoms with E-state index in [1.165, 1.54) is 0 Å². The Morgan fingerprint density at radius 2 is 2.22 bits per heavy atom. The second kappa shape index (κ2) is 4.31. The highest BCUT2D eigenvalue weighted by Gasteiger charge is 2.07. The maximum atomic E-state index is 12.2. The standard InChI is InChI=1S/C7H12FN/c1-3-6(2)4-7(8)5-9/h6-7H,3-4H2,1-2H3. The second-order valence-electron chi connectivity index (χ2n) is 2.35. The van der Waals surface area contributed by atoms with E-state index in [0.717, 1.165) is 6.42 Å². The molecule has 0 amide bonds. The smallest absolute Gasteiger partial charge is 0.186 e. The molecule has 0 aromatic rings. The van der Waals surface area contributed by atoms with Gasteiger partial charge in [-0.3, -0.25) is 0 Å². The first kappa shape index (κ1) is 8.42. The third kappa shape index (κ3) is 3.96. The van der Waals surface area contributed by atoms with Crippen LogP contribution in [0.5, 0.6) is 0 Å². The van der Waals surface area contributed by atoms with Crippen molar-refractivity contribution in [3.8, 4) is 6.07 Å². The number of hydrogen-bond acceptors (Lipinski definition) is 1. The summed E-state index contributed by atoms with van der Waals surface area (Å²) in [6, 6.07) is 1.56. The van der Waals surface area contributed by atoms with Crippen molar-refractivity contribution in [3.63, 3.8) is 0 Å². The van der Waals surface area contributed by atoms with Crippen LogP contribution in [0.3, 0.4) is 0 Å². The lowest BCUT2D eigenvalue weighted by molar-refractivity contribution is 0.331. The normalized spacial score (nSPS) is 16.2. The van der Waals surface area contributed by atoms with Gasteiger partial charge in [-0.15, -0.1) is 0 Å². The maximum absolute atomic E-state index is 12.2. The molecular formula is C7H12FN. The van der Waals surface area contributed by atoms with Crippen LogP contribution >= 0.6 is 0 Å². The summed E-state index contributed by atoms with van der Waals surface area (Å²) in [6.45, 7) is 3.94. The molecule has 9 heavy (non-hydrogen) atoms. The summed E-state index contributed by atoms with van der Waals surface area (Å²) < 4.78 is 12.2. The van der Waals surface area contributed by atoms with Gasteiger partial charge in [0.15, 0.2) is 6.17 Å². The molecule has 52 valence electrons. The van der Waals surface area contributed by atoms with E-state index in [4.69, 9.17) is 5.26 Å². The first-order valence-corrected chi connectivity index (χ1v) is 3.24. The SMILES string of the molecule is CCC(C)CC(F)C#N. The molecule has 0 heterocycles. The fourth-order valence-corrected chi connectivity index (χ4v) is 0.573. The summed E-state index contributed by atoms with van der Waals surface area (Å²) in [6.07, 6.45) is 0.0645. The average molecular weight is 129 g/mol. The van der Waals surface area contributed by atoms with Gasteiger partial charge in [-0.2, -0.15) is 5.26 Å². The Balaban J connectivity index is 3.37. The molecule has 2 atom stereocenters. The van der Waals surface area contributed by atoms with Crippen molar-refractivity contribution in [1.29, 1.82) is 5.26 Å². The number of halogens is 1. The molecule has 0 aromatic carbocycles. The fraction of sp³-hybridized carbons (Fsp3) is 0.857. The molecule has 0 saturated heterocycles. The van der Waals surface area contributed by atoms with Crippen LogP contribution in [0, 0.1) is 17.2 Å². The number of nitriles is 1. The van der Waals surface area contributed by atoms with Crippen molar-refractivity contribution in [2.24, 2.45) is 5.92 Å². The molecule has 0 N–H and O–H groups in total. The van der Waals surface area contributed by atoms with Gasteiger partial charge in [0, 0.05) is 0 Å². The molecule has 0 aliphatic rings. The molecule has 0 radical (unpaired) electrons. The minimum atomic E-state index is -1.26. The monoisotopic (exact) mass is 129 g/mol. The van der Waals surface area contributed by atoms with E-state index in [-0.39, 0.29) is 0 Å². The number of hydrogen-bond donors (Lipinski definition) is 0. The summed E-state index contributed by atoms with van der Waals surface area (Å²) >= 11 is 0. The van der Waals surface area contributed by atoms with E-state index >= 15 is 0 Å². The van der Waals surface area contributed by atoms with E-state index in [2.05, 4.69) is 0 Å². The zero-order valence-electron chi connectivity index (χ0n) is 5.89. The van der Waals surface area contributed by atoms with E-state index in [1.54, 1.807) is 6.07 Å². The van der Waals surface area contributed by atoms with Gasteiger partial charge in [0.05, 0.1) is 6.07 Å². The Bertz CT molecular complexity index is 106. The molecule has 0 aromatic heterocycles. The molecule has 2 unspecified atom stereocenters. The van der Waals surface area contributed by atoms with Crippen molar-refractivity contribution >= 4 is 0 Å². The molecule has 0 saturated carbocycles. The lowest BCUT2D eigenvalue weighted by atomic mass is 10.0. The summed E-state index contributed by atoms with van der Waals surface area (Å²) in [5.41, 5.74) is 0. The molecule has 0 aliphatic carbocycles. The van der Waals surface area contributed by atoms with Gasteiger partial charge < -0.3 is 0 Å². The Labute approximate surface area is 55.5 Å². The topological polar surface area (TPSA) is 23.8 Å². The zero-order chi connectivity index (χ0) is 7.28. The fourth-order valence-electron chi connectivity index (χ4n) is 0.573. The van der Waals surface area contributed by atoms with Gasteiger partial charge in [0.2, 0.25) is 0 Å². The average Bonchev–Trinajstić information content (AvgIpc) is 1.87. The summed E-state index contributed by atoms with van der Waals surface area (Å²) in [7, 11) is 0. The van der Waals surface area contributed by atoms with Gasteiger partial charge >= 0.3 is 0 Å². The van der Waals surface area contributed by atoms with Crippen LogP contribution in [-0.2, 0) is 0 Å². The van der Waals surface area contributed by atoms with Gasteiger partial charge in [-0.25, -0.2) is 4.39 Å². The Morgan fingerprint density at radius 3 is 2.56 bits per heavy atom. The third-order valence-corrected chi connectivity index (χ3v) is 1.45. The maximum Gasteiger partial charge on any atom is 0.186 e. The quantitative estimate of drug-likeness (QED) is 0.573. The molecular weight excluding hydrogens is 117 g/mol. The van der Waals surface area contributed by atoms with E-state index in [0.29, 0.717) is 12.3 Å². The van der Waals surface area contributed by atoms with Crippen LogP contribution in [0.4, 0.5) is 4.39 Å². The highest BCUT2D eigenvalue weighted by Crippen LogP contribution is 2.10. The zero-order valence-corrected chi connectivity index (χ0v) is 5.89. The molecule has 1 nitrogen and oxygen atoms in total. The van der Waals surface area contributed by atoms with Crippen molar-refractivity contribution in [3.05, 3.63) is 0 Å². The molecule has 0 fully saturated rings. The van der Waals surface area contributed by atoms with Gasteiger partial charge in [-0.05, 0) is 12.3 Å². The third-order valence-electron chi connectivity index (χ3n) is 1.45. The van der Waals surface area contributed by atoms with Crippen molar-refractivity contribution < 1.29 is 4.39 Å². The Morgan fingerprint density at radius 1 is 1.67 bits per heavy atom. The molecule has 0 aliphatic heterocycles. The lowest BCUT2D eigenvalue weighted by Crippen LogP contribution is -2.02. The Hall–Kier alpha value is -0.580. The minimum Gasteiger partial charge on any atom is -0.231 e. The number of nitrogens with zero attached hydrogens (tertiary/aromatic N) is 1. The largest absolute Gasteiger partial charge is 0.231 e. The first-order chi connectivity index (χ1) is 4.20. The molecule has 0 rings (SSSR count). The highest BCUT2D eigenvalue weighted by molar-refractivity contribution is 4.83. The highest BCUT2D eigenvalue weighted by atomic mass is 19.1. The predicted molar refractivity (Wildman–Crippen MR) is 34.6 cm³/mol. The van der Waals surface area contributed by atoms with Crippen LogP contribution in [0.15, 0.2) is 0 Å². The number of rotatable bonds is 3. The van der Waals surface area contributed by atoms with E-state index < -0.39 is 6.17 Å². The molecule has 0 spiro atoms.